The molecule has 0 fully saturated rings. The highest BCUT2D eigenvalue weighted by atomic mass is 32.2. The standard InChI is InChI=1S/C6H10N2O2S/c1-7-11(9,10)6-4-2-3-5-8-6/h2-3,5-7H,4H2,1H3. The average molecular weight is 174 g/mol. The Morgan fingerprint density at radius 3 is 2.82 bits per heavy atom. The normalized spacial score (nSPS) is 23.9. The molecule has 0 aromatic heterocycles. The molecule has 1 N–H and O–H groups in total. The van der Waals surface area contributed by atoms with Crippen molar-refractivity contribution in [3.05, 3.63) is 12.2 Å². The number of sulfonamides is 1. The van der Waals surface area contributed by atoms with Crippen molar-refractivity contribution in [1.82, 2.24) is 4.72 Å². The second-order valence-electron chi connectivity index (χ2n) is 2.17. The minimum atomic E-state index is -3.22. The van der Waals surface area contributed by atoms with Gasteiger partial charge in [-0.2, -0.15) is 0 Å². The summed E-state index contributed by atoms with van der Waals surface area (Å²) in [5, 5.41) is -0.641. The fourth-order valence-electron chi connectivity index (χ4n) is 0.805. The Balaban J connectivity index is 2.78. The minimum Gasteiger partial charge on any atom is -0.272 e. The smallest absolute Gasteiger partial charge is 0.234 e. The van der Waals surface area contributed by atoms with Crippen LogP contribution in [-0.4, -0.2) is 27.1 Å². The van der Waals surface area contributed by atoms with Crippen LogP contribution in [0.3, 0.4) is 0 Å². The van der Waals surface area contributed by atoms with Gasteiger partial charge in [-0.25, -0.2) is 13.1 Å². The van der Waals surface area contributed by atoms with E-state index in [1.54, 1.807) is 12.2 Å². The van der Waals surface area contributed by atoms with E-state index in [0.29, 0.717) is 6.42 Å². The van der Waals surface area contributed by atoms with E-state index in [-0.39, 0.29) is 0 Å². The van der Waals surface area contributed by atoms with Gasteiger partial charge in [-0.05, 0) is 13.1 Å². The maximum atomic E-state index is 11.1. The molecular weight excluding hydrogens is 164 g/mol. The summed E-state index contributed by atoms with van der Waals surface area (Å²) in [6.07, 6.45) is 5.48. The van der Waals surface area contributed by atoms with E-state index in [1.807, 2.05) is 0 Å². The lowest BCUT2D eigenvalue weighted by atomic mass is 10.3. The van der Waals surface area contributed by atoms with Crippen LogP contribution in [0.15, 0.2) is 17.1 Å². The van der Waals surface area contributed by atoms with E-state index >= 15 is 0 Å². The summed E-state index contributed by atoms with van der Waals surface area (Å²) in [5.74, 6) is 0. The predicted octanol–water partition coefficient (Wildman–Crippen LogP) is -0.108. The molecule has 0 aliphatic carbocycles. The summed E-state index contributed by atoms with van der Waals surface area (Å²) >= 11 is 0. The molecule has 1 unspecified atom stereocenters. The number of allylic oxidation sites excluding steroid dienone is 1. The number of nitrogens with zero attached hydrogens (tertiary/aromatic N) is 1. The Bertz CT molecular complexity index is 279. The molecule has 62 valence electrons. The van der Waals surface area contributed by atoms with Gasteiger partial charge in [0.25, 0.3) is 0 Å². The Hall–Kier alpha value is -0.680. The molecule has 4 nitrogen and oxygen atoms in total. The van der Waals surface area contributed by atoms with Crippen molar-refractivity contribution in [3.8, 4) is 0 Å². The van der Waals surface area contributed by atoms with Gasteiger partial charge in [-0.3, -0.25) is 4.99 Å². The van der Waals surface area contributed by atoms with Crippen molar-refractivity contribution in [2.45, 2.75) is 11.8 Å². The van der Waals surface area contributed by atoms with Gasteiger partial charge in [0.1, 0.15) is 0 Å². The van der Waals surface area contributed by atoms with Gasteiger partial charge in [-0.15, -0.1) is 0 Å². The first-order valence-electron chi connectivity index (χ1n) is 3.27. The Kier molecular flexibility index (Phi) is 2.41. The molecule has 1 aliphatic rings. The van der Waals surface area contributed by atoms with Gasteiger partial charge >= 0.3 is 0 Å². The number of hydrogen-bond acceptors (Lipinski definition) is 3. The molecule has 0 radical (unpaired) electrons. The number of rotatable bonds is 2. The van der Waals surface area contributed by atoms with E-state index in [2.05, 4.69) is 9.71 Å². The van der Waals surface area contributed by atoms with Gasteiger partial charge in [0.15, 0.2) is 5.37 Å². The molecule has 1 rings (SSSR count). The molecule has 0 saturated carbocycles. The van der Waals surface area contributed by atoms with E-state index in [0.717, 1.165) is 0 Å². The van der Waals surface area contributed by atoms with Gasteiger partial charge < -0.3 is 0 Å². The summed E-state index contributed by atoms with van der Waals surface area (Å²) in [5.41, 5.74) is 0. The number of dihydropyridines is 1. The number of nitrogens with one attached hydrogen (secondary N) is 1. The number of hydrogen-bond donors (Lipinski definition) is 1. The molecule has 1 atom stereocenters. The molecule has 0 saturated heterocycles. The molecule has 0 spiro atoms. The monoisotopic (exact) mass is 174 g/mol. The van der Waals surface area contributed by atoms with Crippen molar-refractivity contribution in [2.24, 2.45) is 4.99 Å². The first kappa shape index (κ1) is 8.42. The second-order valence-corrected chi connectivity index (χ2v) is 4.21. The summed E-state index contributed by atoms with van der Waals surface area (Å²) < 4.78 is 24.4. The van der Waals surface area contributed by atoms with Gasteiger partial charge in [0, 0.05) is 12.6 Å². The van der Waals surface area contributed by atoms with Crippen molar-refractivity contribution in [3.63, 3.8) is 0 Å². The van der Waals surface area contributed by atoms with E-state index in [9.17, 15) is 8.42 Å². The zero-order chi connectivity index (χ0) is 8.32. The van der Waals surface area contributed by atoms with Crippen molar-refractivity contribution in [2.75, 3.05) is 7.05 Å². The fourth-order valence-corrected chi connectivity index (χ4v) is 1.67. The third-order valence-electron chi connectivity index (χ3n) is 1.45. The molecule has 0 aromatic carbocycles. The van der Waals surface area contributed by atoms with Crippen LogP contribution in [0.4, 0.5) is 0 Å². The van der Waals surface area contributed by atoms with Crippen LogP contribution in [0.5, 0.6) is 0 Å². The SMILES string of the molecule is CNS(=O)(=O)C1CC=CC=N1. The Labute approximate surface area is 66.1 Å². The maximum Gasteiger partial charge on any atom is 0.234 e. The van der Waals surface area contributed by atoms with Crippen LogP contribution < -0.4 is 4.72 Å². The summed E-state index contributed by atoms with van der Waals surface area (Å²) in [7, 11) is -1.83. The average Bonchev–Trinajstić information content (AvgIpc) is 2.06. The van der Waals surface area contributed by atoms with Crippen LogP contribution >= 0.6 is 0 Å². The highest BCUT2D eigenvalue weighted by Gasteiger charge is 2.21. The van der Waals surface area contributed by atoms with Crippen molar-refractivity contribution >= 4 is 16.2 Å². The highest BCUT2D eigenvalue weighted by molar-refractivity contribution is 7.90. The number of aliphatic imine (C=N–C) groups is 1. The Morgan fingerprint density at radius 2 is 2.36 bits per heavy atom. The van der Waals surface area contributed by atoms with Crippen LogP contribution in [0.25, 0.3) is 0 Å². The zero-order valence-electron chi connectivity index (χ0n) is 6.19. The molecule has 0 amide bonds. The van der Waals surface area contributed by atoms with E-state index in [4.69, 9.17) is 0 Å². The summed E-state index contributed by atoms with van der Waals surface area (Å²) in [6.45, 7) is 0. The van der Waals surface area contributed by atoms with Crippen molar-refractivity contribution in [1.29, 1.82) is 0 Å². The van der Waals surface area contributed by atoms with E-state index in [1.165, 1.54) is 13.3 Å². The van der Waals surface area contributed by atoms with E-state index < -0.39 is 15.4 Å². The van der Waals surface area contributed by atoms with Crippen LogP contribution in [0.2, 0.25) is 0 Å². The molecule has 0 bridgehead atoms. The molecule has 1 heterocycles. The van der Waals surface area contributed by atoms with Crippen molar-refractivity contribution < 1.29 is 8.42 Å². The molecule has 0 aromatic rings. The lowest BCUT2D eigenvalue weighted by molar-refractivity contribution is 0.572. The first-order valence-corrected chi connectivity index (χ1v) is 4.82. The third kappa shape index (κ3) is 1.87. The van der Waals surface area contributed by atoms with Crippen LogP contribution in [0.1, 0.15) is 6.42 Å². The molecular formula is C6H10N2O2S. The largest absolute Gasteiger partial charge is 0.272 e. The van der Waals surface area contributed by atoms with Gasteiger partial charge in [0.2, 0.25) is 10.0 Å². The first-order chi connectivity index (χ1) is 5.17. The second kappa shape index (κ2) is 3.15. The quantitative estimate of drug-likeness (QED) is 0.635. The summed E-state index contributed by atoms with van der Waals surface area (Å²) in [6, 6.07) is 0. The lowest BCUT2D eigenvalue weighted by Gasteiger charge is -2.11. The molecule has 11 heavy (non-hydrogen) atoms. The van der Waals surface area contributed by atoms with Gasteiger partial charge in [0.05, 0.1) is 0 Å². The maximum absolute atomic E-state index is 11.1. The predicted molar refractivity (Wildman–Crippen MR) is 44.0 cm³/mol. The van der Waals surface area contributed by atoms with Gasteiger partial charge in [-0.1, -0.05) is 6.08 Å². The lowest BCUT2D eigenvalue weighted by Crippen LogP contribution is -2.30. The van der Waals surface area contributed by atoms with Crippen LogP contribution in [0, 0.1) is 0 Å². The summed E-state index contributed by atoms with van der Waals surface area (Å²) in [4.78, 5) is 3.81. The minimum absolute atomic E-state index is 0.458. The molecule has 5 heteroatoms. The van der Waals surface area contributed by atoms with Crippen LogP contribution in [-0.2, 0) is 10.0 Å². The Morgan fingerprint density at radius 1 is 1.64 bits per heavy atom. The highest BCUT2D eigenvalue weighted by Crippen LogP contribution is 2.08. The zero-order valence-corrected chi connectivity index (χ0v) is 7.00. The molecule has 1 aliphatic heterocycles. The third-order valence-corrected chi connectivity index (χ3v) is 3.05. The fraction of sp³-hybridized carbons (Fsp3) is 0.500. The topological polar surface area (TPSA) is 58.5 Å².